The van der Waals surface area contributed by atoms with Gasteiger partial charge >= 0.3 is 0 Å². The number of oxime groups is 1. The van der Waals surface area contributed by atoms with Crippen LogP contribution in [-0.4, -0.2) is 47.3 Å². The predicted molar refractivity (Wildman–Crippen MR) is 65.8 cm³/mol. The molecule has 0 bridgehead atoms. The summed E-state index contributed by atoms with van der Waals surface area (Å²) in [6.45, 7) is 12.1. The van der Waals surface area contributed by atoms with Crippen LogP contribution in [0.15, 0.2) is 5.16 Å². The van der Waals surface area contributed by atoms with Crippen LogP contribution < -0.4 is 5.73 Å². The van der Waals surface area contributed by atoms with Gasteiger partial charge in [-0.2, -0.15) is 0 Å². The normalized spacial score (nSPS) is 13.8. The predicted octanol–water partition coefficient (Wildman–Crippen LogP) is 1.26. The molecule has 0 unspecified atom stereocenters. The summed E-state index contributed by atoms with van der Waals surface area (Å²) < 4.78 is 5.64. The van der Waals surface area contributed by atoms with Gasteiger partial charge in [-0.3, -0.25) is 4.90 Å². The third-order valence-electron chi connectivity index (χ3n) is 2.14. The van der Waals surface area contributed by atoms with Crippen molar-refractivity contribution in [2.45, 2.75) is 46.3 Å². The maximum atomic E-state index is 8.53. The van der Waals surface area contributed by atoms with E-state index in [2.05, 4.69) is 23.9 Å². The Morgan fingerprint density at radius 1 is 1.44 bits per heavy atom. The van der Waals surface area contributed by atoms with Gasteiger partial charge in [-0.15, -0.1) is 0 Å². The van der Waals surface area contributed by atoms with Crippen LogP contribution in [0.4, 0.5) is 0 Å². The van der Waals surface area contributed by atoms with Crippen LogP contribution in [0.5, 0.6) is 0 Å². The highest BCUT2D eigenvalue weighted by Gasteiger charge is 2.14. The lowest BCUT2D eigenvalue weighted by molar-refractivity contribution is -0.0144. The summed E-state index contributed by atoms with van der Waals surface area (Å²) in [5.74, 6) is 0.226. The van der Waals surface area contributed by atoms with Gasteiger partial charge in [0.05, 0.1) is 18.8 Å². The van der Waals surface area contributed by atoms with Crippen molar-refractivity contribution in [3.63, 3.8) is 0 Å². The molecule has 0 saturated heterocycles. The maximum Gasteiger partial charge on any atom is 0.153 e. The SMILES string of the molecule is CC(C)N(CCOC(C)(C)C)CC(N)=NO. The van der Waals surface area contributed by atoms with E-state index < -0.39 is 0 Å². The topological polar surface area (TPSA) is 71.1 Å². The van der Waals surface area contributed by atoms with Gasteiger partial charge in [0.2, 0.25) is 0 Å². The molecule has 0 spiro atoms. The highest BCUT2D eigenvalue weighted by Crippen LogP contribution is 2.07. The Morgan fingerprint density at radius 3 is 2.38 bits per heavy atom. The molecule has 3 N–H and O–H groups in total. The lowest BCUT2D eigenvalue weighted by atomic mass is 10.2. The molecule has 0 aliphatic rings. The van der Waals surface area contributed by atoms with Crippen molar-refractivity contribution >= 4 is 5.84 Å². The highest BCUT2D eigenvalue weighted by atomic mass is 16.5. The molecule has 0 heterocycles. The molecule has 0 atom stereocenters. The lowest BCUT2D eigenvalue weighted by Crippen LogP contribution is -2.41. The van der Waals surface area contributed by atoms with Crippen LogP contribution in [0.1, 0.15) is 34.6 Å². The standard InChI is InChI=1S/C11H25N3O2/c1-9(2)14(8-10(12)13-15)6-7-16-11(3,4)5/h9,15H,6-8H2,1-5H3,(H2,12,13). The third kappa shape index (κ3) is 7.48. The Labute approximate surface area is 98.2 Å². The Morgan fingerprint density at radius 2 is 2.00 bits per heavy atom. The summed E-state index contributed by atoms with van der Waals surface area (Å²) in [6, 6.07) is 0.337. The van der Waals surface area contributed by atoms with Crippen molar-refractivity contribution in [1.82, 2.24) is 4.90 Å². The van der Waals surface area contributed by atoms with Crippen LogP contribution in [-0.2, 0) is 4.74 Å². The number of hydrogen-bond acceptors (Lipinski definition) is 4. The summed E-state index contributed by atoms with van der Waals surface area (Å²) in [5.41, 5.74) is 5.36. The van der Waals surface area contributed by atoms with E-state index in [1.54, 1.807) is 0 Å². The van der Waals surface area contributed by atoms with Crippen LogP contribution in [0.25, 0.3) is 0 Å². The van der Waals surface area contributed by atoms with Gasteiger partial charge in [-0.25, -0.2) is 0 Å². The molecule has 0 saturated carbocycles. The molecule has 5 nitrogen and oxygen atoms in total. The molecular formula is C11H25N3O2. The molecule has 0 aliphatic carbocycles. The van der Waals surface area contributed by atoms with Crippen LogP contribution in [0.2, 0.25) is 0 Å². The van der Waals surface area contributed by atoms with Gasteiger partial charge in [0.15, 0.2) is 5.84 Å². The quantitative estimate of drug-likeness (QED) is 0.312. The molecule has 0 aromatic rings. The van der Waals surface area contributed by atoms with E-state index in [0.29, 0.717) is 19.2 Å². The van der Waals surface area contributed by atoms with Crippen molar-refractivity contribution in [2.75, 3.05) is 19.7 Å². The molecule has 0 aromatic carbocycles. The zero-order valence-corrected chi connectivity index (χ0v) is 11.0. The number of nitrogens with zero attached hydrogens (tertiary/aromatic N) is 2. The largest absolute Gasteiger partial charge is 0.409 e. The third-order valence-corrected chi connectivity index (χ3v) is 2.14. The highest BCUT2D eigenvalue weighted by molar-refractivity contribution is 5.81. The Hall–Kier alpha value is -0.810. The number of amidine groups is 1. The van der Waals surface area contributed by atoms with E-state index in [1.165, 1.54) is 0 Å². The van der Waals surface area contributed by atoms with Crippen LogP contribution >= 0.6 is 0 Å². The minimum atomic E-state index is -0.126. The average molecular weight is 231 g/mol. The van der Waals surface area contributed by atoms with Crippen molar-refractivity contribution in [1.29, 1.82) is 0 Å². The zero-order chi connectivity index (χ0) is 12.8. The van der Waals surface area contributed by atoms with Crippen molar-refractivity contribution in [3.05, 3.63) is 0 Å². The second-order valence-electron chi connectivity index (χ2n) is 5.12. The minimum absolute atomic E-state index is 0.126. The number of rotatable bonds is 6. The minimum Gasteiger partial charge on any atom is -0.409 e. The van der Waals surface area contributed by atoms with E-state index in [9.17, 15) is 0 Å². The first-order valence-corrected chi connectivity index (χ1v) is 5.60. The van der Waals surface area contributed by atoms with E-state index in [1.807, 2.05) is 20.8 Å². The summed E-state index contributed by atoms with van der Waals surface area (Å²) in [7, 11) is 0. The van der Waals surface area contributed by atoms with Crippen molar-refractivity contribution in [3.8, 4) is 0 Å². The Bertz CT molecular complexity index is 222. The van der Waals surface area contributed by atoms with E-state index in [-0.39, 0.29) is 11.4 Å². The van der Waals surface area contributed by atoms with Gasteiger partial charge in [-0.05, 0) is 34.6 Å². The number of nitrogens with two attached hydrogens (primary N) is 1. The molecule has 16 heavy (non-hydrogen) atoms. The van der Waals surface area contributed by atoms with E-state index in [0.717, 1.165) is 6.54 Å². The second kappa shape index (κ2) is 6.70. The molecule has 0 amide bonds. The molecule has 0 aromatic heterocycles. The van der Waals surface area contributed by atoms with Gasteiger partial charge in [0.1, 0.15) is 0 Å². The lowest BCUT2D eigenvalue weighted by Gasteiger charge is -2.27. The Kier molecular flexibility index (Phi) is 6.36. The smallest absolute Gasteiger partial charge is 0.153 e. The summed E-state index contributed by atoms with van der Waals surface area (Å²) >= 11 is 0. The fourth-order valence-electron chi connectivity index (χ4n) is 1.23. The average Bonchev–Trinajstić information content (AvgIpc) is 2.13. The van der Waals surface area contributed by atoms with Crippen LogP contribution in [0.3, 0.4) is 0 Å². The first kappa shape index (κ1) is 15.2. The monoisotopic (exact) mass is 231 g/mol. The summed E-state index contributed by atoms with van der Waals surface area (Å²) in [4.78, 5) is 2.10. The molecule has 5 heteroatoms. The van der Waals surface area contributed by atoms with Gasteiger partial charge in [0, 0.05) is 12.6 Å². The first-order chi connectivity index (χ1) is 7.26. The van der Waals surface area contributed by atoms with E-state index in [4.69, 9.17) is 15.7 Å². The van der Waals surface area contributed by atoms with Gasteiger partial charge in [-0.1, -0.05) is 5.16 Å². The van der Waals surface area contributed by atoms with Crippen molar-refractivity contribution in [2.24, 2.45) is 10.9 Å². The molecular weight excluding hydrogens is 206 g/mol. The van der Waals surface area contributed by atoms with E-state index >= 15 is 0 Å². The molecule has 0 aliphatic heterocycles. The summed E-state index contributed by atoms with van der Waals surface area (Å²) in [5, 5.41) is 11.5. The number of ether oxygens (including phenoxy) is 1. The summed E-state index contributed by atoms with van der Waals surface area (Å²) in [6.07, 6.45) is 0. The first-order valence-electron chi connectivity index (χ1n) is 5.60. The fourth-order valence-corrected chi connectivity index (χ4v) is 1.23. The fraction of sp³-hybridized carbons (Fsp3) is 0.909. The number of hydrogen-bond donors (Lipinski definition) is 2. The molecule has 0 rings (SSSR count). The Balaban J connectivity index is 4.05. The molecule has 0 radical (unpaired) electrons. The van der Waals surface area contributed by atoms with Gasteiger partial charge in [0.25, 0.3) is 0 Å². The second-order valence-corrected chi connectivity index (χ2v) is 5.12. The zero-order valence-electron chi connectivity index (χ0n) is 11.0. The maximum absolute atomic E-state index is 8.53. The van der Waals surface area contributed by atoms with Gasteiger partial charge < -0.3 is 15.7 Å². The van der Waals surface area contributed by atoms with Crippen LogP contribution in [0, 0.1) is 0 Å². The molecule has 0 fully saturated rings. The van der Waals surface area contributed by atoms with Crippen molar-refractivity contribution < 1.29 is 9.94 Å². The molecule has 96 valence electrons.